The van der Waals surface area contributed by atoms with Crippen molar-refractivity contribution in [3.8, 4) is 0 Å². The molecular weight excluding hydrogens is 275 g/mol. The molecule has 3 aromatic rings. The van der Waals surface area contributed by atoms with Crippen molar-refractivity contribution in [2.75, 3.05) is 0 Å². The van der Waals surface area contributed by atoms with E-state index in [0.717, 1.165) is 0 Å². The predicted molar refractivity (Wildman–Crippen MR) is 73.5 cm³/mol. The first-order valence-corrected chi connectivity index (χ1v) is 6.22. The van der Waals surface area contributed by atoms with Crippen LogP contribution in [0.2, 0.25) is 0 Å². The van der Waals surface area contributed by atoms with Gasteiger partial charge in [-0.25, -0.2) is 9.37 Å². The van der Waals surface area contributed by atoms with Gasteiger partial charge >= 0.3 is 0 Å². The quantitative estimate of drug-likeness (QED) is 0.677. The van der Waals surface area contributed by atoms with E-state index in [9.17, 15) is 14.0 Å². The number of Topliss-reactive ketones (excluding diaryl/α,β-unsaturated/α-hetero) is 1. The molecule has 3 rings (SSSR count). The summed E-state index contributed by atoms with van der Waals surface area (Å²) in [5.41, 5.74) is 0.476. The van der Waals surface area contributed by atoms with Crippen molar-refractivity contribution in [3.05, 3.63) is 58.5 Å². The SMILES string of the molecule is Cn1ncc2c(=O)n(CC(=O)c3ccc(F)cc3)cnc21. The van der Waals surface area contributed by atoms with E-state index in [1.165, 1.54) is 46.0 Å². The molecule has 2 heterocycles. The van der Waals surface area contributed by atoms with Gasteiger partial charge in [-0.15, -0.1) is 0 Å². The molecule has 6 nitrogen and oxygen atoms in total. The minimum Gasteiger partial charge on any atom is -0.292 e. The first-order chi connectivity index (χ1) is 10.1. The highest BCUT2D eigenvalue weighted by Gasteiger charge is 2.12. The van der Waals surface area contributed by atoms with Crippen molar-refractivity contribution < 1.29 is 9.18 Å². The average Bonchev–Trinajstić information content (AvgIpc) is 2.85. The fourth-order valence-electron chi connectivity index (χ4n) is 2.06. The molecule has 7 heteroatoms. The van der Waals surface area contributed by atoms with E-state index in [-0.39, 0.29) is 17.9 Å². The number of nitrogens with zero attached hydrogens (tertiary/aromatic N) is 4. The fourth-order valence-corrected chi connectivity index (χ4v) is 2.06. The van der Waals surface area contributed by atoms with Crippen LogP contribution in [0.5, 0.6) is 0 Å². The molecule has 2 aromatic heterocycles. The van der Waals surface area contributed by atoms with Crippen LogP contribution in [0.3, 0.4) is 0 Å². The van der Waals surface area contributed by atoms with Gasteiger partial charge < -0.3 is 0 Å². The highest BCUT2D eigenvalue weighted by atomic mass is 19.1. The van der Waals surface area contributed by atoms with Crippen LogP contribution in [0.4, 0.5) is 4.39 Å². The van der Waals surface area contributed by atoms with E-state index in [1.807, 2.05) is 0 Å². The lowest BCUT2D eigenvalue weighted by Gasteiger charge is -2.05. The molecule has 21 heavy (non-hydrogen) atoms. The first kappa shape index (κ1) is 13.2. The minimum atomic E-state index is -0.415. The van der Waals surface area contributed by atoms with Gasteiger partial charge in [-0.3, -0.25) is 18.8 Å². The Bertz CT molecular complexity index is 880. The highest BCUT2D eigenvalue weighted by molar-refractivity contribution is 5.95. The summed E-state index contributed by atoms with van der Waals surface area (Å²) < 4.78 is 15.5. The second-order valence-electron chi connectivity index (χ2n) is 4.61. The number of aryl methyl sites for hydroxylation is 1. The van der Waals surface area contributed by atoms with Crippen LogP contribution < -0.4 is 5.56 Å². The number of benzene rings is 1. The van der Waals surface area contributed by atoms with Crippen molar-refractivity contribution in [1.29, 1.82) is 0 Å². The van der Waals surface area contributed by atoms with Crippen LogP contribution in [0.15, 0.2) is 41.6 Å². The van der Waals surface area contributed by atoms with E-state index >= 15 is 0 Å². The van der Waals surface area contributed by atoms with Crippen LogP contribution >= 0.6 is 0 Å². The molecule has 1 aromatic carbocycles. The Kier molecular flexibility index (Phi) is 3.09. The van der Waals surface area contributed by atoms with Crippen LogP contribution in [-0.2, 0) is 13.6 Å². The topological polar surface area (TPSA) is 69.8 Å². The molecule has 0 fully saturated rings. The Hall–Kier alpha value is -2.83. The van der Waals surface area contributed by atoms with Gasteiger partial charge in [0.05, 0.1) is 12.7 Å². The zero-order valence-electron chi connectivity index (χ0n) is 11.2. The maximum absolute atomic E-state index is 12.8. The molecule has 0 spiro atoms. The maximum atomic E-state index is 12.8. The van der Waals surface area contributed by atoms with Crippen molar-refractivity contribution in [2.45, 2.75) is 6.54 Å². The van der Waals surface area contributed by atoms with Crippen molar-refractivity contribution in [3.63, 3.8) is 0 Å². The molecule has 0 radical (unpaired) electrons. The number of hydrogen-bond donors (Lipinski definition) is 0. The molecule has 0 aliphatic rings. The average molecular weight is 286 g/mol. The molecule has 0 saturated heterocycles. The monoisotopic (exact) mass is 286 g/mol. The van der Waals surface area contributed by atoms with Gasteiger partial charge in [0.2, 0.25) is 0 Å². The summed E-state index contributed by atoms with van der Waals surface area (Å²) in [5, 5.41) is 4.31. The van der Waals surface area contributed by atoms with Crippen molar-refractivity contribution in [1.82, 2.24) is 19.3 Å². The largest absolute Gasteiger partial charge is 0.292 e. The highest BCUT2D eigenvalue weighted by Crippen LogP contribution is 2.06. The summed E-state index contributed by atoms with van der Waals surface area (Å²) in [6.07, 6.45) is 2.73. The summed E-state index contributed by atoms with van der Waals surface area (Å²) in [4.78, 5) is 28.4. The molecule has 0 atom stereocenters. The third-order valence-corrected chi connectivity index (χ3v) is 3.20. The lowest BCUT2D eigenvalue weighted by atomic mass is 10.1. The molecule has 0 bridgehead atoms. The second kappa shape index (κ2) is 4.93. The summed E-state index contributed by atoms with van der Waals surface area (Å²) in [7, 11) is 1.68. The summed E-state index contributed by atoms with van der Waals surface area (Å²) in [6.45, 7) is -0.150. The molecule has 0 saturated carbocycles. The summed E-state index contributed by atoms with van der Waals surface area (Å²) in [5.74, 6) is -0.704. The lowest BCUT2D eigenvalue weighted by molar-refractivity contribution is 0.0970. The van der Waals surface area contributed by atoms with Crippen molar-refractivity contribution in [2.24, 2.45) is 7.05 Å². The number of carbonyl (C=O) groups is 1. The van der Waals surface area contributed by atoms with Crippen LogP contribution in [0, 0.1) is 5.82 Å². The Balaban J connectivity index is 1.94. The summed E-state index contributed by atoms with van der Waals surface area (Å²) in [6, 6.07) is 5.19. The normalized spacial score (nSPS) is 11.0. The molecule has 0 amide bonds. The van der Waals surface area contributed by atoms with E-state index in [2.05, 4.69) is 10.1 Å². The van der Waals surface area contributed by atoms with Gasteiger partial charge in [0, 0.05) is 12.6 Å². The van der Waals surface area contributed by atoms with E-state index in [1.54, 1.807) is 7.05 Å². The van der Waals surface area contributed by atoms with E-state index in [4.69, 9.17) is 0 Å². The fraction of sp³-hybridized carbons (Fsp3) is 0.143. The van der Waals surface area contributed by atoms with Gasteiger partial charge in [0.1, 0.15) is 17.5 Å². The molecule has 106 valence electrons. The van der Waals surface area contributed by atoms with Crippen LogP contribution in [-0.4, -0.2) is 25.1 Å². The smallest absolute Gasteiger partial charge is 0.264 e. The third-order valence-electron chi connectivity index (χ3n) is 3.20. The Labute approximate surface area is 118 Å². The number of rotatable bonds is 3. The zero-order chi connectivity index (χ0) is 15.0. The minimum absolute atomic E-state index is 0.150. The Morgan fingerprint density at radius 2 is 2.00 bits per heavy atom. The van der Waals surface area contributed by atoms with E-state index in [0.29, 0.717) is 16.6 Å². The molecular formula is C14H11FN4O2. The van der Waals surface area contributed by atoms with E-state index < -0.39 is 5.82 Å². The van der Waals surface area contributed by atoms with Gasteiger partial charge in [-0.2, -0.15) is 5.10 Å². The number of aromatic nitrogens is 4. The molecule has 0 N–H and O–H groups in total. The Morgan fingerprint density at radius 1 is 1.29 bits per heavy atom. The van der Waals surface area contributed by atoms with Gasteiger partial charge in [0.15, 0.2) is 11.4 Å². The number of carbonyl (C=O) groups excluding carboxylic acids is 1. The molecule has 0 unspecified atom stereocenters. The number of hydrogen-bond acceptors (Lipinski definition) is 4. The standard InChI is InChI=1S/C14H11FN4O2/c1-18-13-11(6-17-18)14(21)19(8-16-13)7-12(20)9-2-4-10(15)5-3-9/h2-6,8H,7H2,1H3. The van der Waals surface area contributed by atoms with Crippen LogP contribution in [0.1, 0.15) is 10.4 Å². The predicted octanol–water partition coefficient (Wildman–Crippen LogP) is 1.15. The second-order valence-corrected chi connectivity index (χ2v) is 4.61. The number of ketones is 1. The van der Waals surface area contributed by atoms with Gasteiger partial charge in [0.25, 0.3) is 5.56 Å². The Morgan fingerprint density at radius 3 is 2.71 bits per heavy atom. The maximum Gasteiger partial charge on any atom is 0.264 e. The molecule has 0 aliphatic heterocycles. The lowest BCUT2D eigenvalue weighted by Crippen LogP contribution is -2.24. The van der Waals surface area contributed by atoms with Crippen molar-refractivity contribution >= 4 is 16.8 Å². The van der Waals surface area contributed by atoms with Gasteiger partial charge in [-0.1, -0.05) is 0 Å². The first-order valence-electron chi connectivity index (χ1n) is 6.22. The third kappa shape index (κ3) is 2.33. The van der Waals surface area contributed by atoms with Crippen LogP contribution in [0.25, 0.3) is 11.0 Å². The van der Waals surface area contributed by atoms with Gasteiger partial charge in [-0.05, 0) is 24.3 Å². The number of fused-ring (bicyclic) bond motifs is 1. The molecule has 0 aliphatic carbocycles. The summed E-state index contributed by atoms with van der Waals surface area (Å²) >= 11 is 0. The zero-order valence-corrected chi connectivity index (χ0v) is 11.2. The number of halogens is 1.